The van der Waals surface area contributed by atoms with Gasteiger partial charge in [0.05, 0.1) is 0 Å². The summed E-state index contributed by atoms with van der Waals surface area (Å²) < 4.78 is 0. The fourth-order valence-electron chi connectivity index (χ4n) is 3.05. The van der Waals surface area contributed by atoms with Crippen LogP contribution in [0.4, 0.5) is 0 Å². The molecule has 1 aromatic carbocycles. The molecule has 1 aliphatic carbocycles. The van der Waals surface area contributed by atoms with Gasteiger partial charge in [0.25, 0.3) is 0 Å². The third kappa shape index (κ3) is 5.36. The van der Waals surface area contributed by atoms with Gasteiger partial charge in [-0.2, -0.15) is 0 Å². The topological polar surface area (TPSA) is 12.0 Å². The summed E-state index contributed by atoms with van der Waals surface area (Å²) in [7, 11) is 0. The molecule has 0 aliphatic heterocycles. The summed E-state index contributed by atoms with van der Waals surface area (Å²) in [4.78, 5) is 0. The van der Waals surface area contributed by atoms with Crippen LogP contribution in [0.25, 0.3) is 0 Å². The Hall–Kier alpha value is -0.820. The number of nitrogens with one attached hydrogen (secondary N) is 1. The molecule has 1 heteroatoms. The molecule has 0 aromatic heterocycles. The third-order valence-corrected chi connectivity index (χ3v) is 3.88. The average Bonchev–Trinajstić information content (AvgIpc) is 3.07. The molecule has 0 spiro atoms. The van der Waals surface area contributed by atoms with Gasteiger partial charge in [0, 0.05) is 6.04 Å². The molecular weight excluding hydrogens is 230 g/mol. The van der Waals surface area contributed by atoms with Crippen LogP contribution in [0.1, 0.15) is 49.8 Å². The molecule has 1 aromatic rings. The summed E-state index contributed by atoms with van der Waals surface area (Å²) in [6.45, 7) is 10.3. The predicted molar refractivity (Wildman–Crippen MR) is 83.6 cm³/mol. The van der Waals surface area contributed by atoms with Crippen molar-refractivity contribution < 1.29 is 0 Å². The Labute approximate surface area is 118 Å². The summed E-state index contributed by atoms with van der Waals surface area (Å²) in [5.74, 6) is 1.57. The lowest BCUT2D eigenvalue weighted by molar-refractivity contribution is 0.384. The lowest BCUT2D eigenvalue weighted by atomic mass is 9.90. The van der Waals surface area contributed by atoms with Crippen LogP contribution in [-0.4, -0.2) is 12.6 Å². The Morgan fingerprint density at radius 3 is 2.26 bits per heavy atom. The highest BCUT2D eigenvalue weighted by Crippen LogP contribution is 2.22. The van der Waals surface area contributed by atoms with Crippen molar-refractivity contribution >= 4 is 0 Å². The molecule has 0 amide bonds. The van der Waals surface area contributed by atoms with E-state index in [9.17, 15) is 0 Å². The minimum absolute atomic E-state index is 0.779. The maximum atomic E-state index is 3.71. The van der Waals surface area contributed by atoms with Crippen molar-refractivity contribution in [2.75, 3.05) is 6.54 Å². The SMILES string of the molecule is Cc1cc(C)cc(CC(CNC2CC2)CC(C)C)c1. The largest absolute Gasteiger partial charge is 0.314 e. The van der Waals surface area contributed by atoms with Gasteiger partial charge in [-0.05, 0) is 63.5 Å². The number of benzene rings is 1. The minimum Gasteiger partial charge on any atom is -0.314 e. The summed E-state index contributed by atoms with van der Waals surface area (Å²) in [5, 5.41) is 3.71. The Morgan fingerprint density at radius 2 is 1.74 bits per heavy atom. The van der Waals surface area contributed by atoms with Crippen molar-refractivity contribution in [3.8, 4) is 0 Å². The molecule has 1 saturated carbocycles. The van der Waals surface area contributed by atoms with Crippen LogP contribution in [0.15, 0.2) is 18.2 Å². The van der Waals surface area contributed by atoms with E-state index >= 15 is 0 Å². The van der Waals surface area contributed by atoms with Crippen molar-refractivity contribution in [3.63, 3.8) is 0 Å². The van der Waals surface area contributed by atoms with Crippen LogP contribution in [0.5, 0.6) is 0 Å². The van der Waals surface area contributed by atoms with Gasteiger partial charge < -0.3 is 5.32 Å². The third-order valence-electron chi connectivity index (χ3n) is 3.88. The molecule has 1 aliphatic rings. The second kappa shape index (κ2) is 6.56. The van der Waals surface area contributed by atoms with E-state index in [0.29, 0.717) is 0 Å². The highest BCUT2D eigenvalue weighted by Gasteiger charge is 2.22. The zero-order valence-electron chi connectivity index (χ0n) is 13.0. The van der Waals surface area contributed by atoms with Crippen molar-refractivity contribution in [2.24, 2.45) is 11.8 Å². The Balaban J connectivity index is 1.95. The van der Waals surface area contributed by atoms with Crippen molar-refractivity contribution in [1.29, 1.82) is 0 Å². The van der Waals surface area contributed by atoms with Crippen LogP contribution >= 0.6 is 0 Å². The van der Waals surface area contributed by atoms with Gasteiger partial charge in [0.1, 0.15) is 0 Å². The number of aryl methyl sites for hydroxylation is 2. The molecule has 106 valence electrons. The quantitative estimate of drug-likeness (QED) is 0.771. The zero-order valence-corrected chi connectivity index (χ0v) is 13.0. The van der Waals surface area contributed by atoms with E-state index in [1.54, 1.807) is 0 Å². The van der Waals surface area contributed by atoms with Crippen molar-refractivity contribution in [1.82, 2.24) is 5.32 Å². The lowest BCUT2D eigenvalue weighted by Gasteiger charge is -2.20. The first-order chi connectivity index (χ1) is 9.02. The monoisotopic (exact) mass is 259 g/mol. The first-order valence-corrected chi connectivity index (χ1v) is 7.83. The van der Waals surface area contributed by atoms with E-state index in [-0.39, 0.29) is 0 Å². The highest BCUT2D eigenvalue weighted by molar-refractivity contribution is 5.28. The second-order valence-corrected chi connectivity index (χ2v) is 6.88. The van der Waals surface area contributed by atoms with Crippen LogP contribution in [0, 0.1) is 25.7 Å². The highest BCUT2D eigenvalue weighted by atomic mass is 14.9. The average molecular weight is 259 g/mol. The van der Waals surface area contributed by atoms with E-state index in [2.05, 4.69) is 51.2 Å². The Bertz CT molecular complexity index is 384. The molecule has 1 unspecified atom stereocenters. The molecule has 2 rings (SSSR count). The second-order valence-electron chi connectivity index (χ2n) is 6.88. The van der Waals surface area contributed by atoms with E-state index in [1.165, 1.54) is 48.9 Å². The van der Waals surface area contributed by atoms with Gasteiger partial charge in [0.15, 0.2) is 0 Å². The van der Waals surface area contributed by atoms with Crippen LogP contribution in [0.2, 0.25) is 0 Å². The maximum absolute atomic E-state index is 3.71. The van der Waals surface area contributed by atoms with Gasteiger partial charge >= 0.3 is 0 Å². The van der Waals surface area contributed by atoms with Crippen molar-refractivity contribution in [2.45, 2.75) is 59.4 Å². The summed E-state index contributed by atoms with van der Waals surface area (Å²) in [6, 6.07) is 7.81. The Kier molecular flexibility index (Phi) is 5.04. The molecule has 1 nitrogen and oxygen atoms in total. The molecule has 0 bridgehead atoms. The first-order valence-electron chi connectivity index (χ1n) is 7.83. The molecule has 1 N–H and O–H groups in total. The molecule has 0 radical (unpaired) electrons. The molecule has 0 saturated heterocycles. The smallest absolute Gasteiger partial charge is 0.00683 e. The predicted octanol–water partition coefficient (Wildman–Crippen LogP) is 4.26. The molecule has 19 heavy (non-hydrogen) atoms. The van der Waals surface area contributed by atoms with E-state index in [4.69, 9.17) is 0 Å². The van der Waals surface area contributed by atoms with Crippen molar-refractivity contribution in [3.05, 3.63) is 34.9 Å². The maximum Gasteiger partial charge on any atom is 0.00683 e. The summed E-state index contributed by atoms with van der Waals surface area (Å²) in [5.41, 5.74) is 4.31. The number of hydrogen-bond donors (Lipinski definition) is 1. The normalized spacial score (nSPS) is 16.9. The zero-order chi connectivity index (χ0) is 13.8. The number of rotatable bonds is 7. The molecule has 1 fully saturated rings. The van der Waals surface area contributed by atoms with Crippen LogP contribution < -0.4 is 5.32 Å². The standard InChI is InChI=1S/C18H29N/c1-13(2)7-17(12-19-18-5-6-18)11-16-9-14(3)8-15(4)10-16/h8-10,13,17-19H,5-7,11-12H2,1-4H3. The van der Waals surface area contributed by atoms with E-state index < -0.39 is 0 Å². The summed E-state index contributed by atoms with van der Waals surface area (Å²) >= 11 is 0. The van der Waals surface area contributed by atoms with E-state index in [1.807, 2.05) is 0 Å². The van der Waals surface area contributed by atoms with Crippen LogP contribution in [-0.2, 0) is 6.42 Å². The molecular formula is C18H29N. The van der Waals surface area contributed by atoms with Gasteiger partial charge in [0.2, 0.25) is 0 Å². The minimum atomic E-state index is 0.779. The summed E-state index contributed by atoms with van der Waals surface area (Å²) in [6.07, 6.45) is 5.32. The van der Waals surface area contributed by atoms with Gasteiger partial charge in [-0.3, -0.25) is 0 Å². The van der Waals surface area contributed by atoms with E-state index in [0.717, 1.165) is 17.9 Å². The Morgan fingerprint density at radius 1 is 1.11 bits per heavy atom. The lowest BCUT2D eigenvalue weighted by Crippen LogP contribution is -2.27. The van der Waals surface area contributed by atoms with Gasteiger partial charge in [-0.1, -0.05) is 43.2 Å². The fourth-order valence-corrected chi connectivity index (χ4v) is 3.05. The molecule has 1 atom stereocenters. The van der Waals surface area contributed by atoms with Gasteiger partial charge in [-0.15, -0.1) is 0 Å². The molecule has 0 heterocycles. The fraction of sp³-hybridized carbons (Fsp3) is 0.667. The van der Waals surface area contributed by atoms with Crippen LogP contribution in [0.3, 0.4) is 0 Å². The van der Waals surface area contributed by atoms with Gasteiger partial charge in [-0.25, -0.2) is 0 Å². The number of hydrogen-bond acceptors (Lipinski definition) is 1. The first kappa shape index (κ1) is 14.6.